The lowest BCUT2D eigenvalue weighted by atomic mass is 10.1. The zero-order valence-corrected chi connectivity index (χ0v) is 15.6. The topological polar surface area (TPSA) is 59.1 Å². The Hall–Kier alpha value is -1.66. The number of aromatic nitrogens is 1. The second-order valence-corrected chi connectivity index (χ2v) is 7.97. The fourth-order valence-corrected chi connectivity index (χ4v) is 3.74. The van der Waals surface area contributed by atoms with Crippen LogP contribution in [0, 0.1) is 5.92 Å². The van der Waals surface area contributed by atoms with Gasteiger partial charge in [0, 0.05) is 17.5 Å². The van der Waals surface area contributed by atoms with Gasteiger partial charge < -0.3 is 5.32 Å². The summed E-state index contributed by atoms with van der Waals surface area (Å²) in [6.45, 7) is 4.97. The number of thioether (sulfide) groups is 1. The third-order valence-corrected chi connectivity index (χ3v) is 5.41. The van der Waals surface area contributed by atoms with Gasteiger partial charge in [-0.05, 0) is 12.3 Å². The molecule has 128 valence electrons. The van der Waals surface area contributed by atoms with Gasteiger partial charge in [-0.3, -0.25) is 9.59 Å². The molecule has 0 aliphatic carbocycles. The number of rotatable bonds is 9. The molecule has 0 unspecified atom stereocenters. The summed E-state index contributed by atoms with van der Waals surface area (Å²) in [5, 5.41) is 4.79. The van der Waals surface area contributed by atoms with E-state index in [1.165, 1.54) is 23.1 Å². The molecule has 1 amide bonds. The number of ketones is 1. The lowest BCUT2D eigenvalue weighted by molar-refractivity contribution is -0.120. The second-order valence-electron chi connectivity index (χ2n) is 5.89. The van der Waals surface area contributed by atoms with Crippen LogP contribution in [-0.4, -0.2) is 29.0 Å². The van der Waals surface area contributed by atoms with E-state index in [9.17, 15) is 9.59 Å². The normalized spacial score (nSPS) is 10.8. The Morgan fingerprint density at radius 1 is 1.25 bits per heavy atom. The Bertz CT molecular complexity index is 669. The quantitative estimate of drug-likeness (QED) is 0.544. The average Bonchev–Trinajstić information content (AvgIpc) is 3.00. The monoisotopic (exact) mass is 362 g/mol. The van der Waals surface area contributed by atoms with Gasteiger partial charge in [-0.1, -0.05) is 55.9 Å². The van der Waals surface area contributed by atoms with Crippen molar-refractivity contribution >= 4 is 34.8 Å². The minimum atomic E-state index is -0.00198. The SMILES string of the molecule is CC(C)CCNC(=O)Cc1csc(SCC(=O)c2ccccc2)n1. The van der Waals surface area contributed by atoms with Crippen LogP contribution >= 0.6 is 23.1 Å². The molecule has 0 aliphatic heterocycles. The summed E-state index contributed by atoms with van der Waals surface area (Å²) in [5.41, 5.74) is 1.48. The fourth-order valence-electron chi connectivity index (χ4n) is 2.00. The molecule has 1 aromatic heterocycles. The number of thiazole rings is 1. The van der Waals surface area contributed by atoms with Gasteiger partial charge in [0.15, 0.2) is 10.1 Å². The van der Waals surface area contributed by atoms with E-state index in [-0.39, 0.29) is 11.7 Å². The van der Waals surface area contributed by atoms with E-state index >= 15 is 0 Å². The molecule has 1 N–H and O–H groups in total. The number of amides is 1. The van der Waals surface area contributed by atoms with Gasteiger partial charge in [0.05, 0.1) is 17.9 Å². The number of nitrogens with one attached hydrogen (secondary N) is 1. The first-order valence-electron chi connectivity index (χ1n) is 7.96. The summed E-state index contributed by atoms with van der Waals surface area (Å²) in [4.78, 5) is 28.3. The van der Waals surface area contributed by atoms with E-state index in [0.29, 0.717) is 30.2 Å². The highest BCUT2D eigenvalue weighted by molar-refractivity contribution is 8.01. The molecule has 0 spiro atoms. The maximum absolute atomic E-state index is 12.1. The smallest absolute Gasteiger partial charge is 0.226 e. The van der Waals surface area contributed by atoms with Crippen molar-refractivity contribution in [1.82, 2.24) is 10.3 Å². The first-order valence-corrected chi connectivity index (χ1v) is 9.83. The molecule has 0 aliphatic rings. The predicted molar refractivity (Wildman–Crippen MR) is 99.8 cm³/mol. The number of nitrogens with zero attached hydrogens (tertiary/aromatic N) is 1. The molecular weight excluding hydrogens is 340 g/mol. The number of hydrogen-bond donors (Lipinski definition) is 1. The highest BCUT2D eigenvalue weighted by Crippen LogP contribution is 2.23. The van der Waals surface area contributed by atoms with Crippen molar-refractivity contribution in [2.75, 3.05) is 12.3 Å². The molecule has 6 heteroatoms. The standard InChI is InChI=1S/C18H22N2O2S2/c1-13(2)8-9-19-17(22)10-15-11-23-18(20-15)24-12-16(21)14-6-4-3-5-7-14/h3-7,11,13H,8-10,12H2,1-2H3,(H,19,22). The van der Waals surface area contributed by atoms with E-state index in [2.05, 4.69) is 24.1 Å². The minimum Gasteiger partial charge on any atom is -0.356 e. The van der Waals surface area contributed by atoms with Crippen LogP contribution in [0.15, 0.2) is 40.1 Å². The Balaban J connectivity index is 1.76. The van der Waals surface area contributed by atoms with Crippen LogP contribution in [0.1, 0.15) is 36.3 Å². The summed E-state index contributed by atoms with van der Waals surface area (Å²) in [6.07, 6.45) is 1.27. The Kier molecular flexibility index (Phi) is 7.46. The highest BCUT2D eigenvalue weighted by Gasteiger charge is 2.11. The van der Waals surface area contributed by atoms with Crippen molar-refractivity contribution in [2.45, 2.75) is 31.0 Å². The summed E-state index contributed by atoms with van der Waals surface area (Å²) in [7, 11) is 0. The third kappa shape index (κ3) is 6.45. The van der Waals surface area contributed by atoms with E-state index in [0.717, 1.165) is 16.5 Å². The zero-order valence-electron chi connectivity index (χ0n) is 14.0. The van der Waals surface area contributed by atoms with Crippen molar-refractivity contribution in [3.05, 3.63) is 47.0 Å². The zero-order chi connectivity index (χ0) is 17.4. The molecule has 0 fully saturated rings. The molecule has 24 heavy (non-hydrogen) atoms. The summed E-state index contributed by atoms with van der Waals surface area (Å²) >= 11 is 2.90. The van der Waals surface area contributed by atoms with Crippen molar-refractivity contribution in [3.63, 3.8) is 0 Å². The van der Waals surface area contributed by atoms with Crippen LogP contribution in [0.25, 0.3) is 0 Å². The van der Waals surface area contributed by atoms with Gasteiger partial charge in [-0.25, -0.2) is 4.98 Å². The largest absolute Gasteiger partial charge is 0.356 e. The maximum Gasteiger partial charge on any atom is 0.226 e. The maximum atomic E-state index is 12.1. The minimum absolute atomic E-state index is 0.00198. The van der Waals surface area contributed by atoms with Gasteiger partial charge in [-0.15, -0.1) is 11.3 Å². The summed E-state index contributed by atoms with van der Waals surface area (Å²) < 4.78 is 0.823. The molecule has 1 aromatic carbocycles. The molecule has 2 aromatic rings. The van der Waals surface area contributed by atoms with Crippen LogP contribution in [0.2, 0.25) is 0 Å². The van der Waals surface area contributed by atoms with Crippen molar-refractivity contribution in [1.29, 1.82) is 0 Å². The fraction of sp³-hybridized carbons (Fsp3) is 0.389. The van der Waals surface area contributed by atoms with Gasteiger partial charge in [-0.2, -0.15) is 0 Å². The Labute approximate surface area is 151 Å². The summed E-state index contributed by atoms with van der Waals surface area (Å²) in [5.74, 6) is 1.02. The Morgan fingerprint density at radius 3 is 2.71 bits per heavy atom. The van der Waals surface area contributed by atoms with Crippen molar-refractivity contribution < 1.29 is 9.59 Å². The van der Waals surface area contributed by atoms with Gasteiger partial charge in [0.1, 0.15) is 0 Å². The van der Waals surface area contributed by atoms with Crippen LogP contribution in [0.4, 0.5) is 0 Å². The van der Waals surface area contributed by atoms with Gasteiger partial charge in [0.25, 0.3) is 0 Å². The van der Waals surface area contributed by atoms with Crippen molar-refractivity contribution in [3.8, 4) is 0 Å². The number of carbonyl (C=O) groups excluding carboxylic acids is 2. The predicted octanol–water partition coefficient (Wildman–Crippen LogP) is 3.82. The Morgan fingerprint density at radius 2 is 2.00 bits per heavy atom. The van der Waals surface area contributed by atoms with Crippen molar-refractivity contribution in [2.24, 2.45) is 5.92 Å². The van der Waals surface area contributed by atoms with E-state index < -0.39 is 0 Å². The average molecular weight is 363 g/mol. The molecule has 0 saturated carbocycles. The van der Waals surface area contributed by atoms with Crippen LogP contribution in [0.3, 0.4) is 0 Å². The van der Waals surface area contributed by atoms with E-state index in [1.807, 2.05) is 35.7 Å². The number of hydrogen-bond acceptors (Lipinski definition) is 5. The first-order chi connectivity index (χ1) is 11.5. The highest BCUT2D eigenvalue weighted by atomic mass is 32.2. The molecule has 4 nitrogen and oxygen atoms in total. The number of benzene rings is 1. The molecule has 2 rings (SSSR count). The van der Waals surface area contributed by atoms with Crippen LogP contribution in [-0.2, 0) is 11.2 Å². The third-order valence-electron chi connectivity index (χ3n) is 3.34. The number of Topliss-reactive ketones (excluding diaryl/α,β-unsaturated/α-hetero) is 1. The molecule has 0 atom stereocenters. The molecular formula is C18H22N2O2S2. The molecule has 0 radical (unpaired) electrons. The summed E-state index contributed by atoms with van der Waals surface area (Å²) in [6, 6.07) is 9.24. The van der Waals surface area contributed by atoms with E-state index in [1.54, 1.807) is 0 Å². The lowest BCUT2D eigenvalue weighted by Gasteiger charge is -2.05. The van der Waals surface area contributed by atoms with Gasteiger partial charge in [0.2, 0.25) is 5.91 Å². The first kappa shape index (κ1) is 18.7. The lowest BCUT2D eigenvalue weighted by Crippen LogP contribution is -2.26. The molecule has 1 heterocycles. The molecule has 0 saturated heterocycles. The van der Waals surface area contributed by atoms with Gasteiger partial charge >= 0.3 is 0 Å². The second kappa shape index (κ2) is 9.59. The van der Waals surface area contributed by atoms with E-state index in [4.69, 9.17) is 0 Å². The van der Waals surface area contributed by atoms with Crippen LogP contribution in [0.5, 0.6) is 0 Å². The number of carbonyl (C=O) groups is 2. The molecule has 0 bridgehead atoms. The van der Waals surface area contributed by atoms with Crippen LogP contribution < -0.4 is 5.32 Å².